The fraction of sp³-hybridized carbons (Fsp3) is 0.385. The Balaban J connectivity index is 1.82. The van der Waals surface area contributed by atoms with Crippen molar-refractivity contribution in [3.8, 4) is 5.88 Å². The maximum Gasteiger partial charge on any atom is 0.224 e. The third-order valence-electron chi connectivity index (χ3n) is 3.10. The summed E-state index contributed by atoms with van der Waals surface area (Å²) < 4.78 is 11.1. The van der Waals surface area contributed by atoms with Gasteiger partial charge in [-0.2, -0.15) is 0 Å². The number of nitrogen functional groups attached to an aromatic ring is 1. The zero-order valence-corrected chi connectivity index (χ0v) is 10.0. The van der Waals surface area contributed by atoms with Gasteiger partial charge in [0.25, 0.3) is 0 Å². The lowest BCUT2D eigenvalue weighted by molar-refractivity contribution is 0.166. The van der Waals surface area contributed by atoms with Crippen molar-refractivity contribution < 1.29 is 9.47 Å². The summed E-state index contributed by atoms with van der Waals surface area (Å²) in [6, 6.07) is 5.55. The summed E-state index contributed by atoms with van der Waals surface area (Å²) >= 11 is 0. The van der Waals surface area contributed by atoms with Crippen LogP contribution in [0.2, 0.25) is 0 Å². The topological polar surface area (TPSA) is 70.3 Å². The molecule has 0 saturated carbocycles. The van der Waals surface area contributed by atoms with Gasteiger partial charge >= 0.3 is 0 Å². The van der Waals surface area contributed by atoms with Gasteiger partial charge in [-0.15, -0.1) is 0 Å². The fourth-order valence-electron chi connectivity index (χ4n) is 2.08. The highest BCUT2D eigenvalue weighted by molar-refractivity contribution is 5.85. The molecule has 0 amide bonds. The maximum absolute atomic E-state index is 5.77. The number of nitrogens with zero attached hydrogens (tertiary/aromatic N) is 2. The molecule has 18 heavy (non-hydrogen) atoms. The van der Waals surface area contributed by atoms with Gasteiger partial charge in [-0.05, 0) is 24.6 Å². The van der Waals surface area contributed by atoms with Gasteiger partial charge in [-0.25, -0.2) is 9.97 Å². The molecule has 5 heteroatoms. The molecular weight excluding hydrogens is 230 g/mol. The summed E-state index contributed by atoms with van der Waals surface area (Å²) in [5.74, 6) is 1.08. The number of nitrogens with two attached hydrogens (primary N) is 1. The molecule has 1 aliphatic heterocycles. The van der Waals surface area contributed by atoms with Crippen molar-refractivity contribution in [2.24, 2.45) is 5.92 Å². The van der Waals surface area contributed by atoms with Crippen LogP contribution in [0.4, 0.5) is 5.69 Å². The fourth-order valence-corrected chi connectivity index (χ4v) is 2.08. The van der Waals surface area contributed by atoms with E-state index in [2.05, 4.69) is 9.97 Å². The molecule has 1 aromatic heterocycles. The lowest BCUT2D eigenvalue weighted by Gasteiger charge is -2.11. The first-order chi connectivity index (χ1) is 8.83. The average molecular weight is 245 g/mol. The van der Waals surface area contributed by atoms with E-state index in [1.165, 1.54) is 6.33 Å². The first kappa shape index (κ1) is 11.2. The Hall–Kier alpha value is -1.88. The summed E-state index contributed by atoms with van der Waals surface area (Å²) in [6.45, 7) is 2.24. The van der Waals surface area contributed by atoms with Crippen LogP contribution in [0.25, 0.3) is 10.9 Å². The van der Waals surface area contributed by atoms with Crippen molar-refractivity contribution in [1.29, 1.82) is 0 Å². The Morgan fingerprint density at radius 1 is 1.39 bits per heavy atom. The molecule has 1 atom stereocenters. The van der Waals surface area contributed by atoms with Crippen LogP contribution < -0.4 is 10.5 Å². The van der Waals surface area contributed by atoms with Gasteiger partial charge in [-0.1, -0.05) is 0 Å². The van der Waals surface area contributed by atoms with E-state index in [9.17, 15) is 0 Å². The van der Waals surface area contributed by atoms with Gasteiger partial charge < -0.3 is 15.2 Å². The third kappa shape index (κ3) is 2.22. The SMILES string of the molecule is Nc1ccc2c(OCC3CCOC3)ncnc2c1. The van der Waals surface area contributed by atoms with E-state index in [-0.39, 0.29) is 0 Å². The summed E-state index contributed by atoms with van der Waals surface area (Å²) in [5, 5.41) is 0.894. The van der Waals surface area contributed by atoms with Gasteiger partial charge in [0.1, 0.15) is 6.33 Å². The van der Waals surface area contributed by atoms with Crippen LogP contribution in [0.3, 0.4) is 0 Å². The molecule has 1 unspecified atom stereocenters. The van der Waals surface area contributed by atoms with Crippen molar-refractivity contribution in [2.45, 2.75) is 6.42 Å². The molecule has 0 spiro atoms. The van der Waals surface area contributed by atoms with Gasteiger partial charge in [0.2, 0.25) is 5.88 Å². The quantitative estimate of drug-likeness (QED) is 0.832. The number of fused-ring (bicyclic) bond motifs is 1. The summed E-state index contributed by atoms with van der Waals surface area (Å²) in [6.07, 6.45) is 2.55. The molecule has 1 aliphatic rings. The van der Waals surface area contributed by atoms with Crippen LogP contribution in [0.1, 0.15) is 6.42 Å². The van der Waals surface area contributed by atoms with Crippen LogP contribution in [-0.4, -0.2) is 29.8 Å². The molecular formula is C13H15N3O2. The van der Waals surface area contributed by atoms with Crippen LogP contribution >= 0.6 is 0 Å². The number of rotatable bonds is 3. The summed E-state index contributed by atoms with van der Waals surface area (Å²) in [4.78, 5) is 8.37. The highest BCUT2D eigenvalue weighted by Gasteiger charge is 2.17. The predicted molar refractivity (Wildman–Crippen MR) is 68.4 cm³/mol. The van der Waals surface area contributed by atoms with E-state index >= 15 is 0 Å². The van der Waals surface area contributed by atoms with E-state index in [0.717, 1.165) is 30.5 Å². The Labute approximate surface area is 105 Å². The molecule has 2 heterocycles. The smallest absolute Gasteiger partial charge is 0.224 e. The van der Waals surface area contributed by atoms with Crippen molar-refractivity contribution in [3.63, 3.8) is 0 Å². The van der Waals surface area contributed by atoms with Crippen LogP contribution in [0, 0.1) is 5.92 Å². The first-order valence-corrected chi connectivity index (χ1v) is 6.04. The minimum absolute atomic E-state index is 0.462. The molecule has 0 radical (unpaired) electrons. The zero-order chi connectivity index (χ0) is 12.4. The molecule has 94 valence electrons. The highest BCUT2D eigenvalue weighted by atomic mass is 16.5. The van der Waals surface area contributed by atoms with Crippen LogP contribution in [0.5, 0.6) is 5.88 Å². The molecule has 0 aliphatic carbocycles. The normalized spacial score (nSPS) is 19.2. The van der Waals surface area contributed by atoms with Crippen molar-refractivity contribution >= 4 is 16.6 Å². The van der Waals surface area contributed by atoms with E-state index in [1.54, 1.807) is 0 Å². The first-order valence-electron chi connectivity index (χ1n) is 6.04. The second-order valence-corrected chi connectivity index (χ2v) is 4.50. The number of hydrogen-bond donors (Lipinski definition) is 1. The zero-order valence-electron chi connectivity index (χ0n) is 10.0. The number of ether oxygens (including phenoxy) is 2. The summed E-state index contributed by atoms with van der Waals surface area (Å²) in [7, 11) is 0. The van der Waals surface area contributed by atoms with E-state index in [0.29, 0.717) is 24.1 Å². The molecule has 3 rings (SSSR count). The minimum Gasteiger partial charge on any atom is -0.477 e. The molecule has 2 N–H and O–H groups in total. The van der Waals surface area contributed by atoms with Crippen molar-refractivity contribution in [1.82, 2.24) is 9.97 Å². The second-order valence-electron chi connectivity index (χ2n) is 4.50. The van der Waals surface area contributed by atoms with Crippen LogP contribution in [0.15, 0.2) is 24.5 Å². The van der Waals surface area contributed by atoms with E-state index in [4.69, 9.17) is 15.2 Å². The van der Waals surface area contributed by atoms with Crippen molar-refractivity contribution in [3.05, 3.63) is 24.5 Å². The molecule has 1 aromatic carbocycles. The van der Waals surface area contributed by atoms with Gasteiger partial charge in [0.15, 0.2) is 0 Å². The monoisotopic (exact) mass is 245 g/mol. The molecule has 1 fully saturated rings. The number of hydrogen-bond acceptors (Lipinski definition) is 5. The Morgan fingerprint density at radius 2 is 2.33 bits per heavy atom. The largest absolute Gasteiger partial charge is 0.477 e. The maximum atomic E-state index is 5.77. The Kier molecular flexibility index (Phi) is 2.98. The van der Waals surface area contributed by atoms with Crippen molar-refractivity contribution in [2.75, 3.05) is 25.6 Å². The third-order valence-corrected chi connectivity index (χ3v) is 3.10. The molecule has 2 aromatic rings. The Bertz CT molecular complexity index is 553. The number of aromatic nitrogens is 2. The molecule has 0 bridgehead atoms. The lowest BCUT2D eigenvalue weighted by Crippen LogP contribution is -2.12. The molecule has 5 nitrogen and oxygen atoms in total. The van der Waals surface area contributed by atoms with E-state index < -0.39 is 0 Å². The predicted octanol–water partition coefficient (Wildman–Crippen LogP) is 1.63. The lowest BCUT2D eigenvalue weighted by atomic mass is 10.1. The van der Waals surface area contributed by atoms with E-state index in [1.807, 2.05) is 18.2 Å². The summed E-state index contributed by atoms with van der Waals surface area (Å²) in [5.41, 5.74) is 7.23. The molecule has 1 saturated heterocycles. The standard InChI is InChI=1S/C13H15N3O2/c14-10-1-2-11-12(5-10)15-8-16-13(11)18-7-9-3-4-17-6-9/h1-2,5,8-9H,3-4,6-7,14H2. The number of anilines is 1. The number of benzene rings is 1. The van der Waals surface area contributed by atoms with Gasteiger partial charge in [0, 0.05) is 18.2 Å². The van der Waals surface area contributed by atoms with Gasteiger partial charge in [0.05, 0.1) is 24.1 Å². The Morgan fingerprint density at radius 3 is 3.17 bits per heavy atom. The minimum atomic E-state index is 0.462. The van der Waals surface area contributed by atoms with Crippen LogP contribution in [-0.2, 0) is 4.74 Å². The highest BCUT2D eigenvalue weighted by Crippen LogP contribution is 2.24. The van der Waals surface area contributed by atoms with Gasteiger partial charge in [-0.3, -0.25) is 0 Å². The second kappa shape index (κ2) is 4.78. The average Bonchev–Trinajstić information content (AvgIpc) is 2.89.